The van der Waals surface area contributed by atoms with E-state index in [0.717, 1.165) is 0 Å². The van der Waals surface area contributed by atoms with E-state index in [0.29, 0.717) is 6.61 Å². The average molecular weight is 285 g/mol. The molecule has 0 bridgehead atoms. The third kappa shape index (κ3) is 2.39. The van der Waals surface area contributed by atoms with Crippen LogP contribution in [0.1, 0.15) is 27.7 Å². The van der Waals surface area contributed by atoms with Crippen LogP contribution in [0.2, 0.25) is 0 Å². The van der Waals surface area contributed by atoms with Crippen LogP contribution >= 0.6 is 0 Å². The van der Waals surface area contributed by atoms with Gasteiger partial charge in [0, 0.05) is 4.91 Å². The number of hydrogen-bond acceptors (Lipinski definition) is 6. The maximum Gasteiger partial charge on any atom is 0.188 e. The van der Waals surface area contributed by atoms with Crippen LogP contribution in [0.4, 0.5) is 0 Å². The predicted octanol–water partition coefficient (Wildman–Crippen LogP) is 1.69. The van der Waals surface area contributed by atoms with Crippen LogP contribution in [0, 0.1) is 0 Å². The van der Waals surface area contributed by atoms with Gasteiger partial charge in [-0.2, -0.15) is 0 Å². The smallest absolute Gasteiger partial charge is 0.188 e. The second-order valence-electron chi connectivity index (χ2n) is 6.13. The minimum Gasteiger partial charge on any atom is -0.348 e. The van der Waals surface area contributed by atoms with Crippen LogP contribution in [0.3, 0.4) is 0 Å². The molecule has 3 aliphatic rings. The number of ether oxygens (including phenoxy) is 5. The largest absolute Gasteiger partial charge is 0.348 e. The molecule has 3 rings (SSSR count). The molecule has 3 saturated heterocycles. The number of azide groups is 1. The van der Waals surface area contributed by atoms with E-state index in [1.54, 1.807) is 13.8 Å². The van der Waals surface area contributed by atoms with Crippen LogP contribution in [-0.2, 0) is 23.7 Å². The minimum atomic E-state index is -0.740. The SMILES string of the molecule is CC1(C)OCC(C2O[C@@H]3OC(C)(C)O[C@@H]3[C@H]2N=[N+]=[N-])O1. The van der Waals surface area contributed by atoms with Gasteiger partial charge in [0.05, 0.1) is 12.6 Å². The summed E-state index contributed by atoms with van der Waals surface area (Å²) < 4.78 is 28.6. The molecule has 2 unspecified atom stereocenters. The second-order valence-corrected chi connectivity index (χ2v) is 6.13. The van der Waals surface area contributed by atoms with Crippen LogP contribution in [0.5, 0.6) is 0 Å². The average Bonchev–Trinajstić information content (AvgIpc) is 2.91. The van der Waals surface area contributed by atoms with Gasteiger partial charge in [0.25, 0.3) is 0 Å². The summed E-state index contributed by atoms with van der Waals surface area (Å²) in [5.74, 6) is -1.40. The first-order valence-electron chi connectivity index (χ1n) is 6.68. The highest BCUT2D eigenvalue weighted by molar-refractivity contribution is 5.01. The lowest BCUT2D eigenvalue weighted by Gasteiger charge is -2.26. The molecular weight excluding hydrogens is 266 g/mol. The lowest BCUT2D eigenvalue weighted by atomic mass is 10.0. The highest BCUT2D eigenvalue weighted by Crippen LogP contribution is 2.41. The molecule has 0 aliphatic carbocycles. The van der Waals surface area contributed by atoms with Gasteiger partial charge in [-0.1, -0.05) is 5.11 Å². The Morgan fingerprint density at radius 1 is 1.05 bits per heavy atom. The fraction of sp³-hybridized carbons (Fsp3) is 1.00. The van der Waals surface area contributed by atoms with E-state index >= 15 is 0 Å². The van der Waals surface area contributed by atoms with Gasteiger partial charge < -0.3 is 23.7 Å². The molecule has 0 aromatic heterocycles. The third-order valence-electron chi connectivity index (χ3n) is 3.63. The Morgan fingerprint density at radius 3 is 2.40 bits per heavy atom. The third-order valence-corrected chi connectivity index (χ3v) is 3.63. The minimum absolute atomic E-state index is 0.304. The first-order chi connectivity index (χ1) is 9.31. The standard InChI is InChI=1S/C12H19N3O5/c1-11(2)16-5-6(18-11)8-7(14-15-13)9-10(17-8)20-12(3,4)19-9/h6-10H,5H2,1-4H3/t6?,7-,8?,9+,10+/m0/s1. The fourth-order valence-electron chi connectivity index (χ4n) is 2.89. The van der Waals surface area contributed by atoms with Crippen LogP contribution < -0.4 is 0 Å². The molecule has 5 atom stereocenters. The molecule has 0 amide bonds. The van der Waals surface area contributed by atoms with Gasteiger partial charge in [0.2, 0.25) is 0 Å². The summed E-state index contributed by atoms with van der Waals surface area (Å²) >= 11 is 0. The summed E-state index contributed by atoms with van der Waals surface area (Å²) in [7, 11) is 0. The Bertz CT molecular complexity index is 448. The summed E-state index contributed by atoms with van der Waals surface area (Å²) in [4.78, 5) is 2.90. The Balaban J connectivity index is 1.78. The lowest BCUT2D eigenvalue weighted by molar-refractivity contribution is -0.222. The predicted molar refractivity (Wildman–Crippen MR) is 66.5 cm³/mol. The van der Waals surface area contributed by atoms with Gasteiger partial charge in [0.1, 0.15) is 18.3 Å². The summed E-state index contributed by atoms with van der Waals surface area (Å²) in [5.41, 5.74) is 8.77. The van der Waals surface area contributed by atoms with Crippen molar-refractivity contribution in [2.24, 2.45) is 5.11 Å². The van der Waals surface area contributed by atoms with Gasteiger partial charge in [-0.05, 0) is 33.2 Å². The van der Waals surface area contributed by atoms with Gasteiger partial charge in [-0.25, -0.2) is 0 Å². The number of hydrogen-bond donors (Lipinski definition) is 0. The van der Waals surface area contributed by atoms with Crippen molar-refractivity contribution >= 4 is 0 Å². The van der Waals surface area contributed by atoms with Gasteiger partial charge in [-0.3, -0.25) is 0 Å². The molecule has 3 heterocycles. The second kappa shape index (κ2) is 4.56. The van der Waals surface area contributed by atoms with Crippen LogP contribution in [0.25, 0.3) is 10.4 Å². The zero-order valence-corrected chi connectivity index (χ0v) is 12.0. The highest BCUT2D eigenvalue weighted by atomic mass is 16.8. The molecule has 8 heteroatoms. The summed E-state index contributed by atoms with van der Waals surface area (Å²) in [6, 6.07) is -0.491. The zero-order valence-electron chi connectivity index (χ0n) is 12.0. The first-order valence-corrected chi connectivity index (χ1v) is 6.68. The summed E-state index contributed by atoms with van der Waals surface area (Å²) in [6.07, 6.45) is -1.70. The van der Waals surface area contributed by atoms with Crippen molar-refractivity contribution in [2.75, 3.05) is 6.61 Å². The van der Waals surface area contributed by atoms with Crippen molar-refractivity contribution in [3.05, 3.63) is 10.4 Å². The quantitative estimate of drug-likeness (QED) is 0.437. The van der Waals surface area contributed by atoms with Crippen molar-refractivity contribution in [1.29, 1.82) is 0 Å². The molecule has 112 valence electrons. The van der Waals surface area contributed by atoms with Gasteiger partial charge in [-0.15, -0.1) is 0 Å². The molecule has 0 N–H and O–H groups in total. The summed E-state index contributed by atoms with van der Waals surface area (Å²) in [6.45, 7) is 7.66. The molecule has 8 nitrogen and oxygen atoms in total. The number of nitrogens with zero attached hydrogens (tertiary/aromatic N) is 3. The Kier molecular flexibility index (Phi) is 3.20. The van der Waals surface area contributed by atoms with E-state index in [4.69, 9.17) is 29.2 Å². The zero-order chi connectivity index (χ0) is 14.5. The van der Waals surface area contributed by atoms with E-state index in [-0.39, 0.29) is 6.10 Å². The van der Waals surface area contributed by atoms with Crippen LogP contribution in [-0.4, -0.2) is 48.8 Å². The molecule has 0 spiro atoms. The summed E-state index contributed by atoms with van der Waals surface area (Å²) in [5, 5.41) is 3.82. The van der Waals surface area contributed by atoms with Crippen molar-refractivity contribution in [1.82, 2.24) is 0 Å². The van der Waals surface area contributed by atoms with Crippen molar-refractivity contribution in [2.45, 2.75) is 69.9 Å². The molecule has 20 heavy (non-hydrogen) atoms. The van der Waals surface area contributed by atoms with E-state index < -0.39 is 36.1 Å². The number of fused-ring (bicyclic) bond motifs is 1. The topological polar surface area (TPSA) is 94.9 Å². The van der Waals surface area contributed by atoms with E-state index in [9.17, 15) is 0 Å². The van der Waals surface area contributed by atoms with E-state index in [2.05, 4.69) is 10.0 Å². The van der Waals surface area contributed by atoms with Gasteiger partial charge in [0.15, 0.2) is 17.9 Å². The molecule has 0 aromatic carbocycles. The maximum absolute atomic E-state index is 8.77. The van der Waals surface area contributed by atoms with E-state index in [1.165, 1.54) is 0 Å². The molecule has 3 aliphatic heterocycles. The maximum atomic E-state index is 8.77. The molecule has 3 fully saturated rings. The Morgan fingerprint density at radius 2 is 1.80 bits per heavy atom. The molecule has 0 saturated carbocycles. The van der Waals surface area contributed by atoms with Crippen molar-refractivity contribution in [3.8, 4) is 0 Å². The molecule has 0 aromatic rings. The molecular formula is C12H19N3O5. The van der Waals surface area contributed by atoms with Gasteiger partial charge >= 0.3 is 0 Å². The molecule has 0 radical (unpaired) electrons. The normalized spacial score (nSPS) is 45.1. The van der Waals surface area contributed by atoms with Crippen molar-refractivity contribution < 1.29 is 23.7 Å². The first kappa shape index (κ1) is 14.1. The Labute approximate surface area is 116 Å². The lowest BCUT2D eigenvalue weighted by Crippen LogP contribution is -2.41. The van der Waals surface area contributed by atoms with Crippen LogP contribution in [0.15, 0.2) is 5.11 Å². The highest BCUT2D eigenvalue weighted by Gasteiger charge is 2.57. The monoisotopic (exact) mass is 285 g/mol. The van der Waals surface area contributed by atoms with Crippen molar-refractivity contribution in [3.63, 3.8) is 0 Å². The number of rotatable bonds is 2. The van der Waals surface area contributed by atoms with E-state index in [1.807, 2.05) is 13.8 Å². The Hall–Kier alpha value is -0.890. The fourth-order valence-corrected chi connectivity index (χ4v) is 2.89.